The summed E-state index contributed by atoms with van der Waals surface area (Å²) < 4.78 is 42.7. The SMILES string of the molecule is CSN1CCC(Nc2ncc(C(F)(F)F)c(-c3cnc(NC(C)C)s3)n2)CC1. The molecule has 0 spiro atoms. The summed E-state index contributed by atoms with van der Waals surface area (Å²) in [7, 11) is 0. The van der Waals surface area contributed by atoms with Gasteiger partial charge in [0.1, 0.15) is 5.56 Å². The maximum atomic E-state index is 13.5. The summed E-state index contributed by atoms with van der Waals surface area (Å²) >= 11 is 2.86. The number of hydrogen-bond acceptors (Lipinski definition) is 8. The molecular weight excluding hydrogens is 409 g/mol. The molecular formula is C17H23F3N6S2. The first kappa shape index (κ1) is 21.1. The lowest BCUT2D eigenvalue weighted by molar-refractivity contribution is -0.137. The average Bonchev–Trinajstić information content (AvgIpc) is 3.09. The smallest absolute Gasteiger partial charge is 0.359 e. The van der Waals surface area contributed by atoms with E-state index in [-0.39, 0.29) is 23.7 Å². The number of anilines is 2. The molecule has 0 aromatic carbocycles. The second kappa shape index (κ2) is 8.83. The predicted octanol–water partition coefficient (Wildman–Crippen LogP) is 4.59. The molecule has 3 heterocycles. The molecule has 0 saturated carbocycles. The second-order valence-corrected chi connectivity index (χ2v) is 8.72. The third-order valence-electron chi connectivity index (χ3n) is 4.29. The second-order valence-electron chi connectivity index (χ2n) is 6.81. The number of nitrogens with zero attached hydrogens (tertiary/aromatic N) is 4. The molecule has 1 saturated heterocycles. The average molecular weight is 433 g/mol. The van der Waals surface area contributed by atoms with Crippen LogP contribution < -0.4 is 10.6 Å². The number of alkyl halides is 3. The minimum Gasteiger partial charge on any atom is -0.359 e. The van der Waals surface area contributed by atoms with Crippen LogP contribution in [0, 0.1) is 0 Å². The van der Waals surface area contributed by atoms with Gasteiger partial charge in [0.2, 0.25) is 5.95 Å². The summed E-state index contributed by atoms with van der Waals surface area (Å²) in [6.45, 7) is 5.73. The van der Waals surface area contributed by atoms with E-state index in [2.05, 4.69) is 29.9 Å². The highest BCUT2D eigenvalue weighted by molar-refractivity contribution is 7.96. The van der Waals surface area contributed by atoms with Gasteiger partial charge in [-0.2, -0.15) is 13.2 Å². The van der Waals surface area contributed by atoms with Gasteiger partial charge in [0, 0.05) is 37.6 Å². The Morgan fingerprint density at radius 3 is 2.54 bits per heavy atom. The number of halogens is 3. The number of rotatable bonds is 6. The van der Waals surface area contributed by atoms with Crippen LogP contribution >= 0.6 is 23.3 Å². The minimum absolute atomic E-state index is 0.135. The van der Waals surface area contributed by atoms with Gasteiger partial charge in [0.15, 0.2) is 5.13 Å². The highest BCUT2D eigenvalue weighted by atomic mass is 32.2. The van der Waals surface area contributed by atoms with E-state index >= 15 is 0 Å². The van der Waals surface area contributed by atoms with Crippen LogP contribution in [0.5, 0.6) is 0 Å². The molecule has 0 unspecified atom stereocenters. The molecule has 3 rings (SSSR count). The van der Waals surface area contributed by atoms with Gasteiger partial charge in [-0.05, 0) is 32.9 Å². The predicted molar refractivity (Wildman–Crippen MR) is 109 cm³/mol. The van der Waals surface area contributed by atoms with Gasteiger partial charge in [-0.3, -0.25) is 4.31 Å². The third kappa shape index (κ3) is 5.26. The van der Waals surface area contributed by atoms with Gasteiger partial charge in [-0.15, -0.1) is 0 Å². The van der Waals surface area contributed by atoms with E-state index in [1.54, 1.807) is 11.9 Å². The Hall–Kier alpha value is -1.59. The fraction of sp³-hybridized carbons (Fsp3) is 0.588. The van der Waals surface area contributed by atoms with Crippen molar-refractivity contribution >= 4 is 34.4 Å². The van der Waals surface area contributed by atoms with E-state index in [9.17, 15) is 13.2 Å². The molecule has 28 heavy (non-hydrogen) atoms. The quantitative estimate of drug-likeness (QED) is 0.647. The number of piperidine rings is 1. The summed E-state index contributed by atoms with van der Waals surface area (Å²) in [5.41, 5.74) is -0.990. The van der Waals surface area contributed by atoms with Crippen molar-refractivity contribution in [3.05, 3.63) is 18.0 Å². The zero-order valence-electron chi connectivity index (χ0n) is 15.9. The maximum absolute atomic E-state index is 13.5. The van der Waals surface area contributed by atoms with E-state index in [1.807, 2.05) is 20.1 Å². The Morgan fingerprint density at radius 1 is 1.21 bits per heavy atom. The van der Waals surface area contributed by atoms with Crippen LogP contribution in [-0.2, 0) is 6.18 Å². The van der Waals surface area contributed by atoms with Crippen molar-refractivity contribution < 1.29 is 13.2 Å². The largest absolute Gasteiger partial charge is 0.420 e. The van der Waals surface area contributed by atoms with Crippen LogP contribution in [0.15, 0.2) is 12.4 Å². The van der Waals surface area contributed by atoms with Crippen molar-refractivity contribution in [2.24, 2.45) is 0 Å². The number of nitrogens with one attached hydrogen (secondary N) is 2. The van der Waals surface area contributed by atoms with Crippen molar-refractivity contribution in [2.75, 3.05) is 30.0 Å². The van der Waals surface area contributed by atoms with Crippen LogP contribution in [0.3, 0.4) is 0 Å². The molecule has 0 amide bonds. The molecule has 2 aromatic heterocycles. The van der Waals surface area contributed by atoms with Crippen molar-refractivity contribution in [1.82, 2.24) is 19.3 Å². The van der Waals surface area contributed by atoms with E-state index < -0.39 is 11.7 Å². The highest BCUT2D eigenvalue weighted by Gasteiger charge is 2.36. The lowest BCUT2D eigenvalue weighted by atomic mass is 10.1. The normalized spacial score (nSPS) is 16.5. The topological polar surface area (TPSA) is 66.0 Å². The van der Waals surface area contributed by atoms with E-state index in [0.29, 0.717) is 10.0 Å². The van der Waals surface area contributed by atoms with Crippen LogP contribution in [0.2, 0.25) is 0 Å². The van der Waals surface area contributed by atoms with E-state index in [0.717, 1.165) is 43.5 Å². The monoisotopic (exact) mass is 432 g/mol. The van der Waals surface area contributed by atoms with Crippen molar-refractivity contribution in [1.29, 1.82) is 0 Å². The molecule has 1 aliphatic rings. The molecule has 0 aliphatic carbocycles. The lowest BCUT2D eigenvalue weighted by Gasteiger charge is -2.30. The first-order chi connectivity index (χ1) is 13.3. The van der Waals surface area contributed by atoms with Gasteiger partial charge in [-0.1, -0.05) is 23.3 Å². The molecule has 2 N–H and O–H groups in total. The van der Waals surface area contributed by atoms with Gasteiger partial charge in [0.05, 0.1) is 10.6 Å². The molecule has 1 aliphatic heterocycles. The summed E-state index contributed by atoms with van der Waals surface area (Å²) in [6, 6.07) is 0.281. The third-order valence-corrected chi connectivity index (χ3v) is 6.11. The summed E-state index contributed by atoms with van der Waals surface area (Å²) in [5.74, 6) is 0.220. The zero-order chi connectivity index (χ0) is 20.3. The number of aromatic nitrogens is 3. The molecule has 6 nitrogen and oxygen atoms in total. The van der Waals surface area contributed by atoms with Gasteiger partial charge in [0.25, 0.3) is 0 Å². The van der Waals surface area contributed by atoms with Gasteiger partial charge >= 0.3 is 6.18 Å². The van der Waals surface area contributed by atoms with E-state index in [1.165, 1.54) is 6.20 Å². The molecule has 154 valence electrons. The molecule has 1 fully saturated rings. The fourth-order valence-corrected chi connectivity index (χ4v) is 4.45. The number of thiazole rings is 1. The highest BCUT2D eigenvalue weighted by Crippen LogP contribution is 2.39. The molecule has 11 heteroatoms. The van der Waals surface area contributed by atoms with Crippen LogP contribution in [0.1, 0.15) is 32.3 Å². The molecule has 0 atom stereocenters. The van der Waals surface area contributed by atoms with Crippen LogP contribution in [0.4, 0.5) is 24.3 Å². The molecule has 0 radical (unpaired) electrons. The first-order valence-corrected chi connectivity index (χ1v) is 11.0. The molecule has 0 bridgehead atoms. The van der Waals surface area contributed by atoms with Crippen LogP contribution in [0.25, 0.3) is 10.6 Å². The van der Waals surface area contributed by atoms with Gasteiger partial charge < -0.3 is 10.6 Å². The maximum Gasteiger partial charge on any atom is 0.420 e. The first-order valence-electron chi connectivity index (χ1n) is 8.99. The van der Waals surface area contributed by atoms with Crippen molar-refractivity contribution in [3.63, 3.8) is 0 Å². The zero-order valence-corrected chi connectivity index (χ0v) is 17.5. The molecule has 2 aromatic rings. The van der Waals surface area contributed by atoms with Crippen molar-refractivity contribution in [2.45, 2.75) is 44.9 Å². The van der Waals surface area contributed by atoms with Crippen LogP contribution in [-0.4, -0.2) is 50.7 Å². The Morgan fingerprint density at radius 2 is 1.93 bits per heavy atom. The Kier molecular flexibility index (Phi) is 6.66. The van der Waals surface area contributed by atoms with Crippen molar-refractivity contribution in [3.8, 4) is 10.6 Å². The minimum atomic E-state index is -4.53. The standard InChI is InChI=1S/C17H23F3N6S2/c1-10(2)23-16-22-9-13(28-16)14-12(17(18,19)20)8-21-15(25-14)24-11-4-6-26(27-3)7-5-11/h8-11H,4-7H2,1-3H3,(H,22,23)(H,21,24,25). The van der Waals surface area contributed by atoms with Gasteiger partial charge in [-0.25, -0.2) is 15.0 Å². The Bertz CT molecular complexity index is 787. The fourth-order valence-electron chi connectivity index (χ4n) is 2.91. The Balaban J connectivity index is 1.84. The summed E-state index contributed by atoms with van der Waals surface area (Å²) in [6.07, 6.45) is 1.57. The lowest BCUT2D eigenvalue weighted by Crippen LogP contribution is -2.35. The summed E-state index contributed by atoms with van der Waals surface area (Å²) in [5, 5.41) is 6.87. The number of hydrogen-bond donors (Lipinski definition) is 2. The summed E-state index contributed by atoms with van der Waals surface area (Å²) in [4.78, 5) is 12.7. The van der Waals surface area contributed by atoms with E-state index in [4.69, 9.17) is 0 Å². The Labute approximate surface area is 170 Å².